The van der Waals surface area contributed by atoms with Crippen LogP contribution in [-0.4, -0.2) is 68.1 Å². The van der Waals surface area contributed by atoms with Crippen LogP contribution in [0.4, 0.5) is 4.79 Å². The van der Waals surface area contributed by atoms with E-state index in [1.54, 1.807) is 7.11 Å². The molecule has 0 saturated heterocycles. The van der Waals surface area contributed by atoms with Gasteiger partial charge >= 0.3 is 12.0 Å². The summed E-state index contributed by atoms with van der Waals surface area (Å²) < 4.78 is 10.2. The van der Waals surface area contributed by atoms with Crippen LogP contribution in [0.5, 0.6) is 0 Å². The third-order valence-electron chi connectivity index (χ3n) is 2.98. The van der Waals surface area contributed by atoms with Gasteiger partial charge in [0.2, 0.25) is 0 Å². The molecule has 1 rings (SSSR count). The SMILES string of the molecule is COCCOCCCCNC(=O)N(CC(=O)O)C1CC1. The van der Waals surface area contributed by atoms with E-state index in [1.165, 1.54) is 4.90 Å². The summed E-state index contributed by atoms with van der Waals surface area (Å²) in [4.78, 5) is 23.9. The zero-order valence-electron chi connectivity index (χ0n) is 12.0. The Morgan fingerprint density at radius 2 is 2.00 bits per heavy atom. The Hall–Kier alpha value is -1.34. The van der Waals surface area contributed by atoms with Crippen molar-refractivity contribution in [3.63, 3.8) is 0 Å². The molecule has 0 spiro atoms. The Labute approximate surface area is 119 Å². The second-order valence-corrected chi connectivity index (χ2v) is 4.80. The van der Waals surface area contributed by atoms with Crippen LogP contribution in [0.1, 0.15) is 25.7 Å². The Balaban J connectivity index is 2.04. The fourth-order valence-corrected chi connectivity index (χ4v) is 1.77. The summed E-state index contributed by atoms with van der Waals surface area (Å²) in [7, 11) is 1.63. The second kappa shape index (κ2) is 9.55. The Kier molecular flexibility index (Phi) is 7.98. The maximum atomic E-state index is 11.8. The molecule has 1 aliphatic carbocycles. The van der Waals surface area contributed by atoms with Gasteiger partial charge in [0.05, 0.1) is 13.2 Å². The molecule has 116 valence electrons. The Morgan fingerprint density at radius 1 is 1.25 bits per heavy atom. The minimum atomic E-state index is -0.974. The molecule has 0 radical (unpaired) electrons. The number of hydrogen-bond acceptors (Lipinski definition) is 4. The van der Waals surface area contributed by atoms with Crippen LogP contribution < -0.4 is 5.32 Å². The summed E-state index contributed by atoms with van der Waals surface area (Å²) in [6.45, 7) is 2.12. The summed E-state index contributed by atoms with van der Waals surface area (Å²) in [6.07, 6.45) is 3.46. The number of urea groups is 1. The highest BCUT2D eigenvalue weighted by atomic mass is 16.5. The van der Waals surface area contributed by atoms with Crippen LogP contribution in [0.15, 0.2) is 0 Å². The summed E-state index contributed by atoms with van der Waals surface area (Å²) >= 11 is 0. The number of carboxylic acid groups (broad SMARTS) is 1. The standard InChI is InChI=1S/C13H24N2O5/c1-19-8-9-20-7-3-2-6-14-13(18)15(10-12(16)17)11-4-5-11/h11H,2-10H2,1H3,(H,14,18)(H,16,17). The van der Waals surface area contributed by atoms with E-state index in [-0.39, 0.29) is 18.6 Å². The third kappa shape index (κ3) is 7.30. The lowest BCUT2D eigenvalue weighted by Crippen LogP contribution is -2.44. The van der Waals surface area contributed by atoms with Crippen molar-refractivity contribution in [2.75, 3.05) is 40.0 Å². The van der Waals surface area contributed by atoms with Crippen molar-refractivity contribution >= 4 is 12.0 Å². The molecule has 0 aromatic heterocycles. The van der Waals surface area contributed by atoms with Crippen molar-refractivity contribution in [1.29, 1.82) is 0 Å². The number of carbonyl (C=O) groups is 2. The smallest absolute Gasteiger partial charge is 0.323 e. The van der Waals surface area contributed by atoms with Crippen molar-refractivity contribution in [3.8, 4) is 0 Å². The molecule has 7 heteroatoms. The van der Waals surface area contributed by atoms with Gasteiger partial charge in [-0.1, -0.05) is 0 Å². The molecule has 0 unspecified atom stereocenters. The van der Waals surface area contributed by atoms with Crippen molar-refractivity contribution in [1.82, 2.24) is 10.2 Å². The number of carboxylic acids is 1. The number of nitrogens with zero attached hydrogens (tertiary/aromatic N) is 1. The first-order valence-corrected chi connectivity index (χ1v) is 6.98. The van der Waals surface area contributed by atoms with Gasteiger partial charge in [0.15, 0.2) is 0 Å². The van der Waals surface area contributed by atoms with Gasteiger partial charge in [-0.25, -0.2) is 4.79 Å². The molecule has 0 aliphatic heterocycles. The summed E-state index contributed by atoms with van der Waals surface area (Å²) in [5.41, 5.74) is 0. The highest BCUT2D eigenvalue weighted by molar-refractivity contribution is 5.80. The first-order valence-electron chi connectivity index (χ1n) is 6.98. The zero-order chi connectivity index (χ0) is 14.8. The van der Waals surface area contributed by atoms with E-state index in [9.17, 15) is 9.59 Å². The molecule has 0 aromatic rings. The number of ether oxygens (including phenoxy) is 2. The number of amides is 2. The molecule has 1 fully saturated rings. The number of nitrogens with one attached hydrogen (secondary N) is 1. The highest BCUT2D eigenvalue weighted by Gasteiger charge is 2.33. The molecule has 1 saturated carbocycles. The summed E-state index contributed by atoms with van der Waals surface area (Å²) in [6, 6.07) is -0.182. The van der Waals surface area contributed by atoms with Gasteiger partial charge < -0.3 is 24.8 Å². The van der Waals surface area contributed by atoms with Crippen LogP contribution in [0.3, 0.4) is 0 Å². The van der Waals surface area contributed by atoms with E-state index >= 15 is 0 Å². The first kappa shape index (κ1) is 16.7. The largest absolute Gasteiger partial charge is 0.480 e. The second-order valence-electron chi connectivity index (χ2n) is 4.80. The molecule has 2 N–H and O–H groups in total. The van der Waals surface area contributed by atoms with E-state index in [1.807, 2.05) is 0 Å². The molecule has 1 aliphatic rings. The molecule has 0 aromatic carbocycles. The predicted molar refractivity (Wildman–Crippen MR) is 72.7 cm³/mol. The monoisotopic (exact) mass is 288 g/mol. The van der Waals surface area contributed by atoms with Crippen molar-refractivity contribution in [3.05, 3.63) is 0 Å². The average Bonchev–Trinajstić information content (AvgIpc) is 3.23. The molecule has 7 nitrogen and oxygen atoms in total. The highest BCUT2D eigenvalue weighted by Crippen LogP contribution is 2.26. The predicted octanol–water partition coefficient (Wildman–Crippen LogP) is 0.688. The van der Waals surface area contributed by atoms with Gasteiger partial charge in [0, 0.05) is 26.3 Å². The first-order chi connectivity index (χ1) is 9.65. The minimum Gasteiger partial charge on any atom is -0.480 e. The van der Waals surface area contributed by atoms with Crippen molar-refractivity contribution in [2.24, 2.45) is 0 Å². The lowest BCUT2D eigenvalue weighted by Gasteiger charge is -2.20. The minimum absolute atomic E-state index is 0.100. The number of methoxy groups -OCH3 is 1. The fourth-order valence-electron chi connectivity index (χ4n) is 1.77. The molecular weight excluding hydrogens is 264 g/mol. The topological polar surface area (TPSA) is 88.1 Å². The maximum absolute atomic E-state index is 11.8. The van der Waals surface area contributed by atoms with Gasteiger partial charge in [-0.15, -0.1) is 0 Å². The lowest BCUT2D eigenvalue weighted by molar-refractivity contribution is -0.137. The number of aliphatic carboxylic acids is 1. The molecular formula is C13H24N2O5. The van der Waals surface area contributed by atoms with Gasteiger partial charge in [-0.05, 0) is 25.7 Å². The van der Waals surface area contributed by atoms with E-state index in [0.29, 0.717) is 26.4 Å². The molecule has 0 heterocycles. The third-order valence-corrected chi connectivity index (χ3v) is 2.98. The van der Waals surface area contributed by atoms with E-state index in [2.05, 4.69) is 5.32 Å². The van der Waals surface area contributed by atoms with Gasteiger partial charge in [-0.2, -0.15) is 0 Å². The van der Waals surface area contributed by atoms with E-state index in [4.69, 9.17) is 14.6 Å². The van der Waals surface area contributed by atoms with Crippen LogP contribution in [0, 0.1) is 0 Å². The van der Waals surface area contributed by atoms with Crippen LogP contribution >= 0.6 is 0 Å². The van der Waals surface area contributed by atoms with Crippen molar-refractivity contribution < 1.29 is 24.2 Å². The molecule has 20 heavy (non-hydrogen) atoms. The molecule has 2 amide bonds. The van der Waals surface area contributed by atoms with E-state index in [0.717, 1.165) is 25.7 Å². The quantitative estimate of drug-likeness (QED) is 0.546. The summed E-state index contributed by atoms with van der Waals surface area (Å²) in [5, 5.41) is 11.5. The lowest BCUT2D eigenvalue weighted by atomic mass is 10.3. The van der Waals surface area contributed by atoms with E-state index < -0.39 is 5.97 Å². The molecule has 0 bridgehead atoms. The van der Waals surface area contributed by atoms with Crippen LogP contribution in [0.25, 0.3) is 0 Å². The Bertz CT molecular complexity index is 307. The number of rotatable bonds is 11. The van der Waals surface area contributed by atoms with Crippen molar-refractivity contribution in [2.45, 2.75) is 31.7 Å². The normalized spacial score (nSPS) is 14.1. The maximum Gasteiger partial charge on any atom is 0.323 e. The zero-order valence-corrected chi connectivity index (χ0v) is 12.0. The van der Waals surface area contributed by atoms with Gasteiger partial charge in [-0.3, -0.25) is 4.79 Å². The van der Waals surface area contributed by atoms with Gasteiger partial charge in [0.25, 0.3) is 0 Å². The van der Waals surface area contributed by atoms with Crippen LogP contribution in [0.2, 0.25) is 0 Å². The van der Waals surface area contributed by atoms with Gasteiger partial charge in [0.1, 0.15) is 6.54 Å². The number of carbonyl (C=O) groups excluding carboxylic acids is 1. The number of unbranched alkanes of at least 4 members (excludes halogenated alkanes) is 1. The Morgan fingerprint density at radius 3 is 2.60 bits per heavy atom. The summed E-state index contributed by atoms with van der Waals surface area (Å²) in [5.74, 6) is -0.974. The number of hydrogen-bond donors (Lipinski definition) is 2. The molecule has 0 atom stereocenters. The fraction of sp³-hybridized carbons (Fsp3) is 0.846. The average molecular weight is 288 g/mol. The van der Waals surface area contributed by atoms with Crippen LogP contribution in [-0.2, 0) is 14.3 Å².